The topological polar surface area (TPSA) is 57.9 Å². The second-order valence-corrected chi connectivity index (χ2v) is 7.04. The van der Waals surface area contributed by atoms with Crippen molar-refractivity contribution in [3.8, 4) is 0 Å². The second kappa shape index (κ2) is 6.53. The number of carbonyl (C=O) groups is 1. The highest BCUT2D eigenvalue weighted by Crippen LogP contribution is 2.20. The Bertz CT molecular complexity index is 1040. The first-order valence-electron chi connectivity index (χ1n) is 8.31. The van der Waals surface area contributed by atoms with Crippen LogP contribution in [0.1, 0.15) is 16.1 Å². The summed E-state index contributed by atoms with van der Waals surface area (Å²) in [7, 11) is 0. The molecule has 1 fully saturated rings. The van der Waals surface area contributed by atoms with Gasteiger partial charge in [-0.2, -0.15) is 0 Å². The Hall–Kier alpha value is -2.74. The molecule has 2 aromatic heterocycles. The molecular formula is C18H17FN4O2S. The summed E-state index contributed by atoms with van der Waals surface area (Å²) in [5.41, 5.74) is 1.04. The zero-order valence-electron chi connectivity index (χ0n) is 14.2. The standard InChI is InChI=1S/C18H17FN4O2S/c1-12-11-26-18-20-10-13(17(25)23(12)18)16(24)22-8-6-21(7-9-22)15-5-3-2-4-14(15)19/h2-5,10-11H,6-9H2,1H3. The third kappa shape index (κ3) is 2.76. The first kappa shape index (κ1) is 16.7. The van der Waals surface area contributed by atoms with Crippen molar-refractivity contribution in [3.63, 3.8) is 0 Å². The van der Waals surface area contributed by atoms with Crippen LogP contribution in [0.25, 0.3) is 4.96 Å². The van der Waals surface area contributed by atoms with E-state index in [1.54, 1.807) is 23.1 Å². The quantitative estimate of drug-likeness (QED) is 0.692. The lowest BCUT2D eigenvalue weighted by Crippen LogP contribution is -2.50. The number of anilines is 1. The fourth-order valence-corrected chi connectivity index (χ4v) is 4.03. The van der Waals surface area contributed by atoms with E-state index in [4.69, 9.17) is 0 Å². The molecule has 1 amide bonds. The number of benzene rings is 1. The molecule has 3 aromatic rings. The molecule has 1 aliphatic rings. The van der Waals surface area contributed by atoms with E-state index >= 15 is 0 Å². The zero-order valence-corrected chi connectivity index (χ0v) is 15.0. The number of aromatic nitrogens is 2. The Morgan fingerprint density at radius 2 is 1.92 bits per heavy atom. The molecule has 1 saturated heterocycles. The van der Waals surface area contributed by atoms with Crippen molar-refractivity contribution in [2.45, 2.75) is 6.92 Å². The number of piperazine rings is 1. The first-order valence-corrected chi connectivity index (χ1v) is 9.19. The predicted molar refractivity (Wildman–Crippen MR) is 98.6 cm³/mol. The summed E-state index contributed by atoms with van der Waals surface area (Å²) in [6, 6.07) is 6.61. The maximum atomic E-state index is 13.9. The van der Waals surface area contributed by atoms with Crippen LogP contribution in [0.2, 0.25) is 0 Å². The fourth-order valence-electron chi connectivity index (χ4n) is 3.20. The largest absolute Gasteiger partial charge is 0.366 e. The highest BCUT2D eigenvalue weighted by Gasteiger charge is 2.26. The minimum atomic E-state index is -0.338. The van der Waals surface area contributed by atoms with Crippen LogP contribution in [-0.4, -0.2) is 46.4 Å². The minimum absolute atomic E-state index is 0.0725. The molecule has 0 N–H and O–H groups in total. The fraction of sp³-hybridized carbons (Fsp3) is 0.278. The van der Waals surface area contributed by atoms with Gasteiger partial charge in [0.25, 0.3) is 11.5 Å². The van der Waals surface area contributed by atoms with Crippen molar-refractivity contribution in [2.24, 2.45) is 0 Å². The van der Waals surface area contributed by atoms with E-state index in [2.05, 4.69) is 4.98 Å². The molecule has 4 rings (SSSR count). The smallest absolute Gasteiger partial charge is 0.271 e. The lowest BCUT2D eigenvalue weighted by atomic mass is 10.2. The van der Waals surface area contributed by atoms with Gasteiger partial charge in [-0.1, -0.05) is 12.1 Å². The van der Waals surface area contributed by atoms with Crippen molar-refractivity contribution < 1.29 is 9.18 Å². The van der Waals surface area contributed by atoms with Gasteiger partial charge in [0.1, 0.15) is 11.4 Å². The molecule has 0 bridgehead atoms. The molecule has 26 heavy (non-hydrogen) atoms. The van der Waals surface area contributed by atoms with Crippen molar-refractivity contribution >= 4 is 27.9 Å². The number of nitrogens with zero attached hydrogens (tertiary/aromatic N) is 4. The molecule has 0 unspecified atom stereocenters. The Labute approximate surface area is 153 Å². The summed E-state index contributed by atoms with van der Waals surface area (Å²) in [5, 5.41) is 1.84. The van der Waals surface area contributed by atoms with Crippen LogP contribution in [-0.2, 0) is 0 Å². The highest BCUT2D eigenvalue weighted by atomic mass is 32.1. The number of fused-ring (bicyclic) bond motifs is 1. The van der Waals surface area contributed by atoms with E-state index in [9.17, 15) is 14.0 Å². The van der Waals surface area contributed by atoms with Crippen LogP contribution in [0.3, 0.4) is 0 Å². The normalized spacial score (nSPS) is 14.8. The van der Waals surface area contributed by atoms with Crippen molar-refractivity contribution in [2.75, 3.05) is 31.1 Å². The van der Waals surface area contributed by atoms with Gasteiger partial charge in [-0.15, -0.1) is 11.3 Å². The van der Waals surface area contributed by atoms with Gasteiger partial charge in [-0.3, -0.25) is 14.0 Å². The lowest BCUT2D eigenvalue weighted by Gasteiger charge is -2.36. The Kier molecular flexibility index (Phi) is 4.20. The van der Waals surface area contributed by atoms with Gasteiger partial charge in [0.05, 0.1) is 5.69 Å². The molecule has 0 saturated carbocycles. The number of amides is 1. The van der Waals surface area contributed by atoms with E-state index in [1.807, 2.05) is 17.2 Å². The molecule has 1 aromatic carbocycles. The SMILES string of the molecule is Cc1csc2ncc(C(=O)N3CCN(c4ccccc4F)CC3)c(=O)n12. The van der Waals surface area contributed by atoms with Crippen LogP contribution in [0.5, 0.6) is 0 Å². The summed E-state index contributed by atoms with van der Waals surface area (Å²) in [6.45, 7) is 3.70. The van der Waals surface area contributed by atoms with E-state index in [0.29, 0.717) is 36.8 Å². The summed E-state index contributed by atoms with van der Waals surface area (Å²) in [4.78, 5) is 33.8. The van der Waals surface area contributed by atoms with Gasteiger partial charge in [-0.05, 0) is 19.1 Å². The third-order valence-electron chi connectivity index (χ3n) is 4.61. The summed E-state index contributed by atoms with van der Waals surface area (Å²) >= 11 is 1.37. The van der Waals surface area contributed by atoms with E-state index in [-0.39, 0.29) is 22.8 Å². The van der Waals surface area contributed by atoms with Gasteiger partial charge in [-0.25, -0.2) is 9.37 Å². The number of halogens is 1. The molecule has 0 spiro atoms. The zero-order chi connectivity index (χ0) is 18.3. The average Bonchev–Trinajstić information content (AvgIpc) is 3.04. The summed E-state index contributed by atoms with van der Waals surface area (Å²) in [5.74, 6) is -0.594. The first-order chi connectivity index (χ1) is 12.6. The third-order valence-corrected chi connectivity index (χ3v) is 5.56. The molecule has 3 heterocycles. The number of aryl methyl sites for hydroxylation is 1. The molecule has 6 nitrogen and oxygen atoms in total. The monoisotopic (exact) mass is 372 g/mol. The average molecular weight is 372 g/mol. The van der Waals surface area contributed by atoms with Gasteiger partial charge >= 0.3 is 0 Å². The Balaban J connectivity index is 1.54. The molecule has 0 radical (unpaired) electrons. The van der Waals surface area contributed by atoms with Crippen LogP contribution < -0.4 is 10.5 Å². The molecule has 8 heteroatoms. The van der Waals surface area contributed by atoms with Gasteiger partial charge < -0.3 is 9.80 Å². The van der Waals surface area contributed by atoms with E-state index in [0.717, 1.165) is 5.69 Å². The van der Waals surface area contributed by atoms with Gasteiger partial charge in [0.15, 0.2) is 4.96 Å². The number of rotatable bonds is 2. The predicted octanol–water partition coefficient (Wildman–Crippen LogP) is 2.17. The lowest BCUT2D eigenvalue weighted by molar-refractivity contribution is 0.0744. The van der Waals surface area contributed by atoms with Crippen LogP contribution in [0.15, 0.2) is 40.6 Å². The van der Waals surface area contributed by atoms with Gasteiger partial charge in [0.2, 0.25) is 0 Å². The number of thiazole rings is 1. The maximum absolute atomic E-state index is 13.9. The molecule has 1 aliphatic heterocycles. The maximum Gasteiger partial charge on any atom is 0.271 e. The highest BCUT2D eigenvalue weighted by molar-refractivity contribution is 7.15. The summed E-state index contributed by atoms with van der Waals surface area (Å²) in [6.07, 6.45) is 1.36. The van der Waals surface area contributed by atoms with E-state index in [1.165, 1.54) is 28.0 Å². The minimum Gasteiger partial charge on any atom is -0.366 e. The van der Waals surface area contributed by atoms with E-state index < -0.39 is 0 Å². The van der Waals surface area contributed by atoms with Crippen molar-refractivity contribution in [1.82, 2.24) is 14.3 Å². The Morgan fingerprint density at radius 1 is 1.19 bits per heavy atom. The summed E-state index contributed by atoms with van der Waals surface area (Å²) < 4.78 is 15.4. The molecule has 0 atom stereocenters. The van der Waals surface area contributed by atoms with Crippen LogP contribution in [0.4, 0.5) is 10.1 Å². The number of carbonyl (C=O) groups excluding carboxylic acids is 1. The van der Waals surface area contributed by atoms with Gasteiger partial charge in [0, 0.05) is 43.4 Å². The molecule has 134 valence electrons. The Morgan fingerprint density at radius 3 is 2.65 bits per heavy atom. The number of para-hydroxylation sites is 1. The van der Waals surface area contributed by atoms with Crippen LogP contribution >= 0.6 is 11.3 Å². The van der Waals surface area contributed by atoms with Crippen molar-refractivity contribution in [1.29, 1.82) is 0 Å². The molecular weight excluding hydrogens is 355 g/mol. The number of hydrogen-bond acceptors (Lipinski definition) is 5. The van der Waals surface area contributed by atoms with Crippen LogP contribution in [0, 0.1) is 12.7 Å². The second-order valence-electron chi connectivity index (χ2n) is 6.20. The van der Waals surface area contributed by atoms with Crippen molar-refractivity contribution in [3.05, 3.63) is 63.3 Å². The molecule has 0 aliphatic carbocycles. The number of hydrogen-bond donors (Lipinski definition) is 0.